The van der Waals surface area contributed by atoms with Gasteiger partial charge in [0.15, 0.2) is 0 Å². The normalized spacial score (nSPS) is 19.7. The predicted octanol–water partition coefficient (Wildman–Crippen LogP) is 0.852. The van der Waals surface area contributed by atoms with Crippen molar-refractivity contribution in [2.45, 2.75) is 38.6 Å². The van der Waals surface area contributed by atoms with Gasteiger partial charge >= 0.3 is 0 Å². The molecule has 0 radical (unpaired) electrons. The molecule has 0 amide bonds. The lowest BCUT2D eigenvalue weighted by atomic mass is 9.90. The van der Waals surface area contributed by atoms with E-state index in [1.807, 2.05) is 0 Å². The Morgan fingerprint density at radius 3 is 2.50 bits per heavy atom. The number of hydrogen-bond donors (Lipinski definition) is 2. The van der Waals surface area contributed by atoms with Crippen molar-refractivity contribution in [3.63, 3.8) is 0 Å². The Balaban J connectivity index is 2.27. The van der Waals surface area contributed by atoms with Crippen LogP contribution in [0.1, 0.15) is 32.6 Å². The number of nitrogens with zero attached hydrogens (tertiary/aromatic N) is 1. The van der Waals surface area contributed by atoms with Crippen LogP contribution in [0.15, 0.2) is 0 Å². The standard InChI is InChI=1S/C11H23NO2/c1-10(9-14)8-12(6-3-7-13)11-4-2-5-11/h10-11,13-14H,2-9H2,1H3. The van der Waals surface area contributed by atoms with Gasteiger partial charge in [0, 0.05) is 32.3 Å². The van der Waals surface area contributed by atoms with Crippen molar-refractivity contribution in [2.75, 3.05) is 26.3 Å². The molecule has 3 heteroatoms. The zero-order valence-corrected chi connectivity index (χ0v) is 9.15. The van der Waals surface area contributed by atoms with E-state index in [1.165, 1.54) is 19.3 Å². The zero-order chi connectivity index (χ0) is 10.4. The van der Waals surface area contributed by atoms with Crippen LogP contribution in [-0.2, 0) is 0 Å². The van der Waals surface area contributed by atoms with Gasteiger partial charge in [-0.1, -0.05) is 13.3 Å². The molecule has 2 N–H and O–H groups in total. The lowest BCUT2D eigenvalue weighted by Crippen LogP contribution is -2.43. The highest BCUT2D eigenvalue weighted by molar-refractivity contribution is 4.80. The Labute approximate surface area is 86.7 Å². The maximum absolute atomic E-state index is 9.01. The monoisotopic (exact) mass is 201 g/mol. The van der Waals surface area contributed by atoms with E-state index in [4.69, 9.17) is 10.2 Å². The topological polar surface area (TPSA) is 43.7 Å². The molecule has 1 unspecified atom stereocenters. The summed E-state index contributed by atoms with van der Waals surface area (Å²) in [4.78, 5) is 2.43. The fourth-order valence-corrected chi connectivity index (χ4v) is 1.91. The highest BCUT2D eigenvalue weighted by Crippen LogP contribution is 2.25. The van der Waals surface area contributed by atoms with Crippen molar-refractivity contribution >= 4 is 0 Å². The maximum atomic E-state index is 9.01. The van der Waals surface area contributed by atoms with Crippen molar-refractivity contribution in [2.24, 2.45) is 5.92 Å². The first-order chi connectivity index (χ1) is 6.77. The molecule has 1 rings (SSSR count). The fraction of sp³-hybridized carbons (Fsp3) is 1.00. The summed E-state index contributed by atoms with van der Waals surface area (Å²) in [5.41, 5.74) is 0. The van der Waals surface area contributed by atoms with Crippen LogP contribution in [0.25, 0.3) is 0 Å². The van der Waals surface area contributed by atoms with Crippen LogP contribution in [-0.4, -0.2) is 47.5 Å². The summed E-state index contributed by atoms with van der Waals surface area (Å²) in [6.45, 7) is 4.57. The molecular weight excluding hydrogens is 178 g/mol. The second kappa shape index (κ2) is 6.38. The molecule has 0 aromatic rings. The molecule has 0 aromatic carbocycles. The third kappa shape index (κ3) is 3.56. The number of aliphatic hydroxyl groups excluding tert-OH is 2. The van der Waals surface area contributed by atoms with Crippen molar-refractivity contribution < 1.29 is 10.2 Å². The first kappa shape index (κ1) is 12.0. The molecule has 1 fully saturated rings. The van der Waals surface area contributed by atoms with Gasteiger partial charge in [0.25, 0.3) is 0 Å². The van der Waals surface area contributed by atoms with Gasteiger partial charge < -0.3 is 10.2 Å². The number of aliphatic hydroxyl groups is 2. The van der Waals surface area contributed by atoms with Crippen LogP contribution in [0.2, 0.25) is 0 Å². The quantitative estimate of drug-likeness (QED) is 0.642. The van der Waals surface area contributed by atoms with Gasteiger partial charge in [0.05, 0.1) is 0 Å². The Kier molecular flexibility index (Phi) is 5.45. The van der Waals surface area contributed by atoms with E-state index >= 15 is 0 Å². The van der Waals surface area contributed by atoms with E-state index < -0.39 is 0 Å². The SMILES string of the molecule is CC(CO)CN(CCCO)C1CCC1. The summed E-state index contributed by atoms with van der Waals surface area (Å²) in [6.07, 6.45) is 4.79. The molecule has 0 spiro atoms. The first-order valence-corrected chi connectivity index (χ1v) is 5.73. The minimum Gasteiger partial charge on any atom is -0.396 e. The molecule has 0 aromatic heterocycles. The first-order valence-electron chi connectivity index (χ1n) is 5.73. The zero-order valence-electron chi connectivity index (χ0n) is 9.15. The molecule has 1 aliphatic carbocycles. The van der Waals surface area contributed by atoms with Gasteiger partial charge in [-0.3, -0.25) is 4.90 Å². The third-order valence-electron chi connectivity index (χ3n) is 3.05. The minimum absolute atomic E-state index is 0.266. The van der Waals surface area contributed by atoms with Crippen molar-refractivity contribution in [3.8, 4) is 0 Å². The van der Waals surface area contributed by atoms with E-state index in [9.17, 15) is 0 Å². The van der Waals surface area contributed by atoms with E-state index in [0.29, 0.717) is 5.92 Å². The molecule has 0 bridgehead atoms. The van der Waals surface area contributed by atoms with Crippen LogP contribution in [0.5, 0.6) is 0 Å². The maximum Gasteiger partial charge on any atom is 0.0468 e. The molecule has 1 saturated carbocycles. The summed E-state index contributed by atoms with van der Waals surface area (Å²) in [6, 6.07) is 0.718. The van der Waals surface area contributed by atoms with Crippen LogP contribution in [0.3, 0.4) is 0 Å². The number of rotatable bonds is 7. The van der Waals surface area contributed by atoms with E-state index in [0.717, 1.165) is 25.6 Å². The van der Waals surface area contributed by atoms with E-state index in [2.05, 4.69) is 11.8 Å². The highest BCUT2D eigenvalue weighted by Gasteiger charge is 2.25. The summed E-state index contributed by atoms with van der Waals surface area (Å²) in [7, 11) is 0. The van der Waals surface area contributed by atoms with Crippen molar-refractivity contribution in [1.29, 1.82) is 0 Å². The third-order valence-corrected chi connectivity index (χ3v) is 3.05. The second-order valence-corrected chi connectivity index (χ2v) is 4.44. The summed E-state index contributed by atoms with van der Waals surface area (Å²) < 4.78 is 0. The molecule has 14 heavy (non-hydrogen) atoms. The highest BCUT2D eigenvalue weighted by atomic mass is 16.3. The molecule has 0 aliphatic heterocycles. The largest absolute Gasteiger partial charge is 0.396 e. The summed E-state index contributed by atoms with van der Waals surface area (Å²) in [5.74, 6) is 0.356. The van der Waals surface area contributed by atoms with Gasteiger partial charge in [-0.15, -0.1) is 0 Å². The predicted molar refractivity (Wildman–Crippen MR) is 57.2 cm³/mol. The summed E-state index contributed by atoms with van der Waals surface area (Å²) >= 11 is 0. The summed E-state index contributed by atoms with van der Waals surface area (Å²) in [5, 5.41) is 17.8. The molecule has 84 valence electrons. The lowest BCUT2D eigenvalue weighted by molar-refractivity contribution is 0.0859. The van der Waals surface area contributed by atoms with Gasteiger partial charge in [-0.25, -0.2) is 0 Å². The van der Waals surface area contributed by atoms with Crippen LogP contribution in [0.4, 0.5) is 0 Å². The molecule has 1 aliphatic rings. The van der Waals surface area contributed by atoms with Gasteiger partial charge in [0.2, 0.25) is 0 Å². The van der Waals surface area contributed by atoms with Crippen LogP contribution < -0.4 is 0 Å². The Bertz CT molecular complexity index is 148. The van der Waals surface area contributed by atoms with Crippen molar-refractivity contribution in [1.82, 2.24) is 4.90 Å². The fourth-order valence-electron chi connectivity index (χ4n) is 1.91. The van der Waals surface area contributed by atoms with Gasteiger partial charge in [-0.05, 0) is 25.2 Å². The molecule has 3 nitrogen and oxygen atoms in total. The number of hydrogen-bond acceptors (Lipinski definition) is 3. The van der Waals surface area contributed by atoms with Gasteiger partial charge in [0.1, 0.15) is 0 Å². The average Bonchev–Trinajstić information content (AvgIpc) is 2.11. The van der Waals surface area contributed by atoms with Gasteiger partial charge in [-0.2, -0.15) is 0 Å². The lowest BCUT2D eigenvalue weighted by Gasteiger charge is -2.38. The Morgan fingerprint density at radius 1 is 1.36 bits per heavy atom. The van der Waals surface area contributed by atoms with E-state index in [1.54, 1.807) is 0 Å². The van der Waals surface area contributed by atoms with Crippen LogP contribution in [0, 0.1) is 5.92 Å². The molecule has 1 atom stereocenters. The average molecular weight is 201 g/mol. The molecular formula is C11H23NO2. The van der Waals surface area contributed by atoms with E-state index in [-0.39, 0.29) is 13.2 Å². The Morgan fingerprint density at radius 2 is 2.07 bits per heavy atom. The van der Waals surface area contributed by atoms with Crippen LogP contribution >= 0.6 is 0 Å². The molecule has 0 heterocycles. The Hall–Kier alpha value is -0.120. The van der Waals surface area contributed by atoms with Crippen molar-refractivity contribution in [3.05, 3.63) is 0 Å². The smallest absolute Gasteiger partial charge is 0.0468 e. The molecule has 0 saturated heterocycles. The second-order valence-electron chi connectivity index (χ2n) is 4.44. The minimum atomic E-state index is 0.266.